The summed E-state index contributed by atoms with van der Waals surface area (Å²) >= 11 is 0. The minimum Gasteiger partial charge on any atom is -0.396 e. The van der Waals surface area contributed by atoms with Crippen molar-refractivity contribution >= 4 is 11.6 Å². The maximum Gasteiger partial charge on any atom is 0.223 e. The lowest BCUT2D eigenvalue weighted by atomic mass is 10.0. The normalized spacial score (nSPS) is 19.6. The summed E-state index contributed by atoms with van der Waals surface area (Å²) in [6, 6.07) is 7.74. The molecular weight excluding hydrogens is 178 g/mol. The number of fused-ring (bicyclic) bond motifs is 1. The third-order valence-corrected chi connectivity index (χ3v) is 2.67. The molecule has 3 heteroatoms. The molecule has 1 aliphatic rings. The second-order valence-electron chi connectivity index (χ2n) is 3.57. The van der Waals surface area contributed by atoms with E-state index in [-0.39, 0.29) is 18.4 Å². The van der Waals surface area contributed by atoms with E-state index in [9.17, 15) is 9.90 Å². The fourth-order valence-electron chi connectivity index (χ4n) is 1.95. The van der Waals surface area contributed by atoms with Gasteiger partial charge in [0.05, 0.1) is 6.61 Å². The van der Waals surface area contributed by atoms with E-state index in [0.717, 1.165) is 11.3 Å². The van der Waals surface area contributed by atoms with E-state index in [0.29, 0.717) is 6.54 Å². The number of carbonyl (C=O) groups is 1. The number of hydrogen-bond donors (Lipinski definition) is 1. The molecule has 0 aromatic heterocycles. The van der Waals surface area contributed by atoms with Gasteiger partial charge in [-0.05, 0) is 11.6 Å². The number of amides is 1. The Kier molecular flexibility index (Phi) is 2.25. The van der Waals surface area contributed by atoms with Gasteiger partial charge in [-0.1, -0.05) is 18.2 Å². The van der Waals surface area contributed by atoms with Gasteiger partial charge in [-0.3, -0.25) is 4.79 Å². The van der Waals surface area contributed by atoms with Gasteiger partial charge in [0.15, 0.2) is 0 Å². The van der Waals surface area contributed by atoms with Crippen LogP contribution in [0.1, 0.15) is 18.4 Å². The smallest absolute Gasteiger partial charge is 0.223 e. The van der Waals surface area contributed by atoms with Crippen LogP contribution in [-0.2, 0) is 4.79 Å². The maximum absolute atomic E-state index is 11.3. The van der Waals surface area contributed by atoms with E-state index < -0.39 is 0 Å². The topological polar surface area (TPSA) is 40.5 Å². The van der Waals surface area contributed by atoms with Crippen LogP contribution >= 0.6 is 0 Å². The Morgan fingerprint density at radius 2 is 2.29 bits per heavy atom. The number of rotatable bonds is 1. The first-order valence-corrected chi connectivity index (χ1v) is 4.72. The SMILES string of the molecule is CC(=O)N1CC(CO)c2ccccc21. The quantitative estimate of drug-likeness (QED) is 0.722. The van der Waals surface area contributed by atoms with Gasteiger partial charge in [0.25, 0.3) is 0 Å². The highest BCUT2D eigenvalue weighted by Crippen LogP contribution is 2.35. The minimum atomic E-state index is 0.0356. The van der Waals surface area contributed by atoms with Crippen LogP contribution in [0.4, 0.5) is 5.69 Å². The van der Waals surface area contributed by atoms with Crippen LogP contribution in [0.5, 0.6) is 0 Å². The summed E-state index contributed by atoms with van der Waals surface area (Å²) in [5.41, 5.74) is 2.02. The van der Waals surface area contributed by atoms with Crippen molar-refractivity contribution in [3.63, 3.8) is 0 Å². The molecule has 0 radical (unpaired) electrons. The number of carbonyl (C=O) groups excluding carboxylic acids is 1. The van der Waals surface area contributed by atoms with Gasteiger partial charge in [-0.2, -0.15) is 0 Å². The molecule has 74 valence electrons. The Morgan fingerprint density at radius 1 is 1.57 bits per heavy atom. The summed E-state index contributed by atoms with van der Waals surface area (Å²) in [5, 5.41) is 9.17. The lowest BCUT2D eigenvalue weighted by molar-refractivity contribution is -0.116. The fourth-order valence-corrected chi connectivity index (χ4v) is 1.95. The van der Waals surface area contributed by atoms with Gasteiger partial charge < -0.3 is 10.0 Å². The van der Waals surface area contributed by atoms with Crippen molar-refractivity contribution in [2.24, 2.45) is 0 Å². The molecule has 1 unspecified atom stereocenters. The summed E-state index contributed by atoms with van der Waals surface area (Å²) in [6.07, 6.45) is 0. The van der Waals surface area contributed by atoms with Crippen molar-refractivity contribution in [3.8, 4) is 0 Å². The Hall–Kier alpha value is -1.35. The van der Waals surface area contributed by atoms with Gasteiger partial charge >= 0.3 is 0 Å². The predicted octanol–water partition coefficient (Wildman–Crippen LogP) is 1.13. The van der Waals surface area contributed by atoms with Gasteiger partial charge in [-0.25, -0.2) is 0 Å². The van der Waals surface area contributed by atoms with Crippen LogP contribution in [0.15, 0.2) is 24.3 Å². The Bertz CT molecular complexity index is 362. The van der Waals surface area contributed by atoms with Crippen molar-refractivity contribution < 1.29 is 9.90 Å². The molecule has 0 spiro atoms. The highest BCUT2D eigenvalue weighted by molar-refractivity contribution is 5.94. The van der Waals surface area contributed by atoms with Crippen molar-refractivity contribution in [1.29, 1.82) is 0 Å². The average Bonchev–Trinajstić information content (AvgIpc) is 2.56. The second kappa shape index (κ2) is 3.42. The van der Waals surface area contributed by atoms with Gasteiger partial charge in [0.1, 0.15) is 0 Å². The van der Waals surface area contributed by atoms with E-state index >= 15 is 0 Å². The number of hydrogen-bond acceptors (Lipinski definition) is 2. The zero-order valence-corrected chi connectivity index (χ0v) is 8.10. The van der Waals surface area contributed by atoms with E-state index in [1.165, 1.54) is 0 Å². The molecule has 1 heterocycles. The molecule has 2 rings (SSSR count). The standard InChI is InChI=1S/C11H13NO2/c1-8(14)12-6-9(7-13)10-4-2-3-5-11(10)12/h2-5,9,13H,6-7H2,1H3. The molecule has 0 fully saturated rings. The van der Waals surface area contributed by atoms with Crippen molar-refractivity contribution in [2.75, 3.05) is 18.1 Å². The molecule has 1 aromatic carbocycles. The average molecular weight is 191 g/mol. The molecule has 1 N–H and O–H groups in total. The second-order valence-corrected chi connectivity index (χ2v) is 3.57. The predicted molar refractivity (Wildman–Crippen MR) is 54.3 cm³/mol. The van der Waals surface area contributed by atoms with Gasteiger partial charge in [0, 0.05) is 25.1 Å². The third-order valence-electron chi connectivity index (χ3n) is 2.67. The summed E-state index contributed by atoms with van der Waals surface area (Å²) in [5.74, 6) is 0.114. The summed E-state index contributed by atoms with van der Waals surface area (Å²) in [7, 11) is 0. The molecule has 0 bridgehead atoms. The molecule has 0 saturated heterocycles. The van der Waals surface area contributed by atoms with Crippen LogP contribution in [0, 0.1) is 0 Å². The highest BCUT2D eigenvalue weighted by atomic mass is 16.3. The first kappa shape index (κ1) is 9.21. The zero-order chi connectivity index (χ0) is 10.1. The zero-order valence-electron chi connectivity index (χ0n) is 8.10. The van der Waals surface area contributed by atoms with Gasteiger partial charge in [-0.15, -0.1) is 0 Å². The fraction of sp³-hybridized carbons (Fsp3) is 0.364. The summed E-state index contributed by atoms with van der Waals surface area (Å²) in [4.78, 5) is 13.0. The number of benzene rings is 1. The highest BCUT2D eigenvalue weighted by Gasteiger charge is 2.29. The van der Waals surface area contributed by atoms with Crippen LogP contribution < -0.4 is 4.90 Å². The summed E-state index contributed by atoms with van der Waals surface area (Å²) < 4.78 is 0. The van der Waals surface area contributed by atoms with Crippen LogP contribution in [0.25, 0.3) is 0 Å². The largest absolute Gasteiger partial charge is 0.396 e. The molecule has 1 aliphatic heterocycles. The Labute approximate surface area is 83.0 Å². The van der Waals surface area contributed by atoms with Crippen molar-refractivity contribution in [2.45, 2.75) is 12.8 Å². The molecule has 0 saturated carbocycles. The Morgan fingerprint density at radius 3 is 2.93 bits per heavy atom. The Balaban J connectivity index is 2.43. The van der Waals surface area contributed by atoms with Crippen LogP contribution in [-0.4, -0.2) is 24.2 Å². The van der Waals surface area contributed by atoms with Crippen molar-refractivity contribution in [1.82, 2.24) is 0 Å². The monoisotopic (exact) mass is 191 g/mol. The van der Waals surface area contributed by atoms with Crippen LogP contribution in [0.3, 0.4) is 0 Å². The maximum atomic E-state index is 11.3. The minimum absolute atomic E-state index is 0.0356. The number of para-hydroxylation sites is 1. The number of aliphatic hydroxyl groups excluding tert-OH is 1. The van der Waals surface area contributed by atoms with E-state index in [1.54, 1.807) is 11.8 Å². The number of aliphatic hydroxyl groups is 1. The molecule has 3 nitrogen and oxygen atoms in total. The lowest BCUT2D eigenvalue weighted by Crippen LogP contribution is -2.27. The number of anilines is 1. The molecule has 0 aliphatic carbocycles. The van der Waals surface area contributed by atoms with E-state index in [1.807, 2.05) is 24.3 Å². The molecule has 14 heavy (non-hydrogen) atoms. The van der Waals surface area contributed by atoms with Crippen LogP contribution in [0.2, 0.25) is 0 Å². The van der Waals surface area contributed by atoms with E-state index in [4.69, 9.17) is 0 Å². The first-order valence-electron chi connectivity index (χ1n) is 4.72. The molecule has 1 atom stereocenters. The third kappa shape index (κ3) is 1.30. The lowest BCUT2D eigenvalue weighted by Gasteiger charge is -2.14. The first-order chi connectivity index (χ1) is 6.74. The van der Waals surface area contributed by atoms with E-state index in [2.05, 4.69) is 0 Å². The number of nitrogens with zero attached hydrogens (tertiary/aromatic N) is 1. The molecular formula is C11H13NO2. The molecule has 1 aromatic rings. The molecule has 1 amide bonds. The summed E-state index contributed by atoms with van der Waals surface area (Å²) in [6.45, 7) is 2.25. The van der Waals surface area contributed by atoms with Crippen molar-refractivity contribution in [3.05, 3.63) is 29.8 Å². The van der Waals surface area contributed by atoms with Gasteiger partial charge in [0.2, 0.25) is 5.91 Å².